The summed E-state index contributed by atoms with van der Waals surface area (Å²) in [4.78, 5) is 12.5. The fourth-order valence-electron chi connectivity index (χ4n) is 2.94. The van der Waals surface area contributed by atoms with Gasteiger partial charge in [0, 0.05) is 5.92 Å². The number of aryl methyl sites for hydroxylation is 1. The molecule has 0 unspecified atom stereocenters. The molecule has 22 heavy (non-hydrogen) atoms. The van der Waals surface area contributed by atoms with Gasteiger partial charge >= 0.3 is 0 Å². The highest BCUT2D eigenvalue weighted by molar-refractivity contribution is 7.92. The van der Waals surface area contributed by atoms with E-state index in [1.54, 1.807) is 18.2 Å². The first-order chi connectivity index (χ1) is 10.3. The van der Waals surface area contributed by atoms with Crippen LogP contribution in [0.25, 0.3) is 0 Å². The minimum Gasteiger partial charge on any atom is -0.330 e. The Hall–Kier alpha value is -1.60. The van der Waals surface area contributed by atoms with E-state index in [0.29, 0.717) is 17.9 Å². The maximum atomic E-state index is 12.5. The minimum absolute atomic E-state index is 0.0879. The average molecular weight is 325 g/mol. The number of nitrogens with one attached hydrogen (secondary N) is 2. The van der Waals surface area contributed by atoms with E-state index >= 15 is 0 Å². The molecule has 0 aliphatic heterocycles. The number of amides is 1. The summed E-state index contributed by atoms with van der Waals surface area (Å²) in [5.74, 6) is 0.0165. The topological polar surface area (TPSA) is 101 Å². The maximum Gasteiger partial charge on any atom is 0.229 e. The molecule has 0 bridgehead atoms. The van der Waals surface area contributed by atoms with Gasteiger partial charge in [-0.15, -0.1) is 0 Å². The molecule has 7 heteroatoms. The van der Waals surface area contributed by atoms with E-state index in [2.05, 4.69) is 10.0 Å². The fourth-order valence-corrected chi connectivity index (χ4v) is 3.52. The third-order valence-electron chi connectivity index (χ3n) is 4.03. The highest BCUT2D eigenvalue weighted by atomic mass is 32.2. The van der Waals surface area contributed by atoms with Gasteiger partial charge in [0.1, 0.15) is 0 Å². The largest absolute Gasteiger partial charge is 0.330 e. The van der Waals surface area contributed by atoms with Gasteiger partial charge in [0.05, 0.1) is 17.6 Å². The third kappa shape index (κ3) is 4.20. The number of hydrogen-bond donors (Lipinski definition) is 3. The van der Waals surface area contributed by atoms with Crippen LogP contribution in [0.1, 0.15) is 24.8 Å². The zero-order valence-corrected chi connectivity index (χ0v) is 13.7. The summed E-state index contributed by atoms with van der Waals surface area (Å²) in [5, 5.41) is 2.86. The molecule has 2 rings (SSSR count). The van der Waals surface area contributed by atoms with Crippen LogP contribution in [0.3, 0.4) is 0 Å². The van der Waals surface area contributed by atoms with E-state index in [1.807, 2.05) is 6.92 Å². The molecule has 1 fully saturated rings. The summed E-state index contributed by atoms with van der Waals surface area (Å²) in [6, 6.07) is 5.21. The zero-order chi connectivity index (χ0) is 16.3. The number of hydrogen-bond acceptors (Lipinski definition) is 4. The van der Waals surface area contributed by atoms with Crippen molar-refractivity contribution in [2.45, 2.75) is 26.2 Å². The molecule has 1 aromatic rings. The van der Waals surface area contributed by atoms with Crippen LogP contribution in [0.5, 0.6) is 0 Å². The molecule has 1 saturated carbocycles. The monoisotopic (exact) mass is 325 g/mol. The van der Waals surface area contributed by atoms with Crippen molar-refractivity contribution in [1.29, 1.82) is 0 Å². The lowest BCUT2D eigenvalue weighted by molar-refractivity contribution is -0.120. The molecule has 0 heterocycles. The Morgan fingerprint density at radius 2 is 2.05 bits per heavy atom. The molecular weight excluding hydrogens is 302 g/mol. The minimum atomic E-state index is -3.40. The Morgan fingerprint density at radius 1 is 1.32 bits per heavy atom. The number of benzene rings is 1. The molecule has 0 saturated heterocycles. The normalized spacial score (nSPS) is 21.6. The lowest BCUT2D eigenvalue weighted by Crippen LogP contribution is -2.30. The summed E-state index contributed by atoms with van der Waals surface area (Å²) in [7, 11) is -3.40. The average Bonchev–Trinajstić information content (AvgIpc) is 2.89. The van der Waals surface area contributed by atoms with Crippen molar-refractivity contribution in [2.24, 2.45) is 17.6 Å². The predicted octanol–water partition coefficient (Wildman–Crippen LogP) is 1.68. The number of carbonyl (C=O) groups excluding carboxylic acids is 1. The van der Waals surface area contributed by atoms with Crippen molar-refractivity contribution >= 4 is 27.3 Å². The first-order valence-corrected chi connectivity index (χ1v) is 9.28. The first kappa shape index (κ1) is 16.8. The number of anilines is 2. The quantitative estimate of drug-likeness (QED) is 0.766. The number of nitrogens with two attached hydrogens (primary N) is 1. The number of rotatable bonds is 5. The van der Waals surface area contributed by atoms with Crippen LogP contribution >= 0.6 is 0 Å². The van der Waals surface area contributed by atoms with Gasteiger partial charge < -0.3 is 11.1 Å². The molecule has 2 atom stereocenters. The van der Waals surface area contributed by atoms with E-state index in [4.69, 9.17) is 5.73 Å². The molecule has 0 radical (unpaired) electrons. The Balaban J connectivity index is 2.21. The van der Waals surface area contributed by atoms with Crippen molar-refractivity contribution in [2.75, 3.05) is 22.8 Å². The number of carbonyl (C=O) groups is 1. The van der Waals surface area contributed by atoms with Gasteiger partial charge in [-0.3, -0.25) is 9.52 Å². The van der Waals surface area contributed by atoms with Crippen LogP contribution in [0.4, 0.5) is 11.4 Å². The fraction of sp³-hybridized carbons (Fsp3) is 0.533. The lowest BCUT2D eigenvalue weighted by Gasteiger charge is -2.19. The molecule has 1 aromatic carbocycles. The first-order valence-electron chi connectivity index (χ1n) is 7.39. The summed E-state index contributed by atoms with van der Waals surface area (Å²) in [5.41, 5.74) is 7.52. The van der Waals surface area contributed by atoms with Gasteiger partial charge in [-0.05, 0) is 49.9 Å². The van der Waals surface area contributed by atoms with Crippen LogP contribution in [0.15, 0.2) is 18.2 Å². The Labute approximate surface area is 131 Å². The van der Waals surface area contributed by atoms with Crippen molar-refractivity contribution in [1.82, 2.24) is 0 Å². The van der Waals surface area contributed by atoms with Gasteiger partial charge in [-0.2, -0.15) is 0 Å². The predicted molar refractivity (Wildman–Crippen MR) is 88.2 cm³/mol. The van der Waals surface area contributed by atoms with Gasteiger partial charge in [0.2, 0.25) is 15.9 Å². The molecule has 0 aromatic heterocycles. The molecule has 6 nitrogen and oxygen atoms in total. The van der Waals surface area contributed by atoms with Crippen molar-refractivity contribution in [3.8, 4) is 0 Å². The molecule has 122 valence electrons. The molecule has 1 amide bonds. The molecule has 0 spiro atoms. The summed E-state index contributed by atoms with van der Waals surface area (Å²) in [6.07, 6.45) is 3.88. The summed E-state index contributed by atoms with van der Waals surface area (Å²) >= 11 is 0. The van der Waals surface area contributed by atoms with Crippen LogP contribution in [-0.2, 0) is 14.8 Å². The SMILES string of the molecule is Cc1ccc(NS(C)(=O)=O)c(NC(=O)[C@@H]2CCC[C@@H]2CN)c1. The second-order valence-corrected chi connectivity index (χ2v) is 7.69. The highest BCUT2D eigenvalue weighted by Gasteiger charge is 2.32. The van der Waals surface area contributed by atoms with E-state index in [-0.39, 0.29) is 17.7 Å². The van der Waals surface area contributed by atoms with Gasteiger partial charge in [-0.1, -0.05) is 12.5 Å². The molecule has 1 aliphatic carbocycles. The van der Waals surface area contributed by atoms with Crippen LogP contribution in [-0.4, -0.2) is 27.1 Å². The van der Waals surface area contributed by atoms with E-state index < -0.39 is 10.0 Å². The Kier molecular flexibility index (Phi) is 5.08. The van der Waals surface area contributed by atoms with E-state index in [0.717, 1.165) is 31.1 Å². The summed E-state index contributed by atoms with van der Waals surface area (Å²) in [6.45, 7) is 2.39. The Bertz CT molecular complexity index is 658. The Morgan fingerprint density at radius 3 is 2.68 bits per heavy atom. The van der Waals surface area contributed by atoms with Crippen molar-refractivity contribution < 1.29 is 13.2 Å². The van der Waals surface area contributed by atoms with Crippen LogP contribution in [0, 0.1) is 18.8 Å². The molecule has 4 N–H and O–H groups in total. The molecular formula is C15H23N3O3S. The summed E-state index contributed by atoms with van der Waals surface area (Å²) < 4.78 is 25.3. The van der Waals surface area contributed by atoms with Gasteiger partial charge in [0.25, 0.3) is 0 Å². The van der Waals surface area contributed by atoms with E-state index in [1.165, 1.54) is 0 Å². The lowest BCUT2D eigenvalue weighted by atomic mass is 9.95. The second-order valence-electron chi connectivity index (χ2n) is 5.95. The van der Waals surface area contributed by atoms with Gasteiger partial charge in [0.15, 0.2) is 0 Å². The van der Waals surface area contributed by atoms with Crippen LogP contribution in [0.2, 0.25) is 0 Å². The number of sulfonamides is 1. The smallest absolute Gasteiger partial charge is 0.229 e. The second kappa shape index (κ2) is 6.66. The van der Waals surface area contributed by atoms with Crippen LogP contribution < -0.4 is 15.8 Å². The molecule has 1 aliphatic rings. The van der Waals surface area contributed by atoms with Crippen molar-refractivity contribution in [3.05, 3.63) is 23.8 Å². The van der Waals surface area contributed by atoms with E-state index in [9.17, 15) is 13.2 Å². The maximum absolute atomic E-state index is 12.5. The highest BCUT2D eigenvalue weighted by Crippen LogP contribution is 2.33. The standard InChI is InChI=1S/C15H23N3O3S/c1-10-6-7-13(18-22(2,20)21)14(8-10)17-15(19)12-5-3-4-11(12)9-16/h6-8,11-12,18H,3-5,9,16H2,1-2H3,(H,17,19)/t11-,12-/m1/s1. The zero-order valence-electron chi connectivity index (χ0n) is 12.9. The third-order valence-corrected chi connectivity index (χ3v) is 4.62. The van der Waals surface area contributed by atoms with Gasteiger partial charge in [-0.25, -0.2) is 8.42 Å². The van der Waals surface area contributed by atoms with Crippen molar-refractivity contribution in [3.63, 3.8) is 0 Å².